The van der Waals surface area contributed by atoms with Crippen LogP contribution in [0.4, 0.5) is 36.8 Å². The van der Waals surface area contributed by atoms with Gasteiger partial charge < -0.3 is 14.6 Å². The zero-order chi connectivity index (χ0) is 31.8. The van der Waals surface area contributed by atoms with E-state index in [4.69, 9.17) is 4.74 Å². The number of hydrogen-bond acceptors (Lipinski definition) is 8. The number of anilines is 1. The molecule has 0 atom stereocenters. The van der Waals surface area contributed by atoms with Gasteiger partial charge in [-0.05, 0) is 62.4 Å². The first kappa shape index (κ1) is 31.5. The Balaban J connectivity index is 1.62. The molecular weight excluding hydrogens is 612 g/mol. The minimum atomic E-state index is -4.98. The molecule has 3 N–H and O–H groups in total. The summed E-state index contributed by atoms with van der Waals surface area (Å²) in [5.41, 5.74) is -3.48. The highest BCUT2D eigenvalue weighted by atomic mass is 32.2. The third-order valence-corrected chi connectivity index (χ3v) is 7.21. The summed E-state index contributed by atoms with van der Waals surface area (Å²) in [6, 6.07) is 9.43. The van der Waals surface area contributed by atoms with Crippen LogP contribution in [0.15, 0.2) is 65.7 Å². The lowest BCUT2D eigenvalue weighted by Crippen LogP contribution is -2.46. The Hall–Kier alpha value is -4.42. The van der Waals surface area contributed by atoms with Crippen LogP contribution < -0.4 is 19.5 Å². The number of ether oxygens (including phenoxy) is 2. The number of sulfonamides is 1. The SMILES string of the molecule is CC(C)(CO)NS(=O)(=O)c1cccc(NC(=O)Oc2cnn3c(C(F)(F)F)cc(-c4ccc(OC(F)(F)F)cc4)nc23)c1. The van der Waals surface area contributed by atoms with E-state index in [1.807, 2.05) is 0 Å². The number of benzene rings is 2. The van der Waals surface area contributed by atoms with Crippen LogP contribution in [0, 0.1) is 0 Å². The number of carbonyl (C=O) groups excluding carboxylic acids is 1. The molecule has 2 aromatic carbocycles. The molecular formula is C25H21F6N5O6S. The van der Waals surface area contributed by atoms with Gasteiger partial charge in [0.25, 0.3) is 0 Å². The maximum absolute atomic E-state index is 13.9. The van der Waals surface area contributed by atoms with Crippen molar-refractivity contribution >= 4 is 27.5 Å². The lowest BCUT2D eigenvalue weighted by atomic mass is 10.1. The van der Waals surface area contributed by atoms with Crippen molar-refractivity contribution in [2.24, 2.45) is 0 Å². The molecule has 18 heteroatoms. The Morgan fingerprint density at radius 3 is 2.30 bits per heavy atom. The number of rotatable bonds is 8. The van der Waals surface area contributed by atoms with E-state index < -0.39 is 63.6 Å². The number of fused-ring (bicyclic) bond motifs is 1. The van der Waals surface area contributed by atoms with Gasteiger partial charge in [0.05, 0.1) is 28.9 Å². The minimum absolute atomic E-state index is 0.0184. The standard InChI is InChI=1S/C25H21F6N5O6S/c1-23(2,13-37)35-43(39,40)17-5-3-4-15(10-17)33-22(38)41-19-12-32-36-20(24(26,27)28)11-18(34-21(19)36)14-6-8-16(9-7-14)42-25(29,30)31/h3-12,35,37H,13H2,1-2H3,(H,33,38). The van der Waals surface area contributed by atoms with Gasteiger partial charge in [0.15, 0.2) is 17.1 Å². The highest BCUT2D eigenvalue weighted by Crippen LogP contribution is 2.35. The number of hydrogen-bond donors (Lipinski definition) is 3. The van der Waals surface area contributed by atoms with Crippen molar-refractivity contribution in [3.05, 3.63) is 66.5 Å². The fourth-order valence-electron chi connectivity index (χ4n) is 3.63. The van der Waals surface area contributed by atoms with E-state index in [0.29, 0.717) is 10.6 Å². The van der Waals surface area contributed by atoms with Crippen LogP contribution in [0.2, 0.25) is 0 Å². The van der Waals surface area contributed by atoms with Gasteiger partial charge in [-0.1, -0.05) is 6.07 Å². The molecule has 11 nitrogen and oxygen atoms in total. The monoisotopic (exact) mass is 633 g/mol. The fourth-order valence-corrected chi connectivity index (χ4v) is 5.08. The first-order valence-electron chi connectivity index (χ1n) is 11.9. The highest BCUT2D eigenvalue weighted by Gasteiger charge is 2.36. The molecule has 0 fully saturated rings. The maximum atomic E-state index is 13.9. The molecule has 0 aliphatic carbocycles. The zero-order valence-corrected chi connectivity index (χ0v) is 22.8. The van der Waals surface area contributed by atoms with Gasteiger partial charge in [0.1, 0.15) is 5.75 Å². The molecule has 0 aliphatic rings. The molecule has 0 saturated carbocycles. The van der Waals surface area contributed by atoms with Crippen LogP contribution in [0.1, 0.15) is 19.5 Å². The average Bonchev–Trinajstić information content (AvgIpc) is 3.29. The molecule has 230 valence electrons. The molecule has 0 unspecified atom stereocenters. The van der Waals surface area contributed by atoms with Crippen molar-refractivity contribution in [3.8, 4) is 22.8 Å². The number of amides is 1. The molecule has 0 radical (unpaired) electrons. The van der Waals surface area contributed by atoms with E-state index in [-0.39, 0.29) is 21.8 Å². The number of nitrogens with zero attached hydrogens (tertiary/aromatic N) is 3. The van der Waals surface area contributed by atoms with Gasteiger partial charge in [0, 0.05) is 11.3 Å². The van der Waals surface area contributed by atoms with Crippen molar-refractivity contribution in [2.75, 3.05) is 11.9 Å². The number of nitrogens with one attached hydrogen (secondary N) is 2. The Morgan fingerprint density at radius 1 is 1.02 bits per heavy atom. The minimum Gasteiger partial charge on any atom is -0.406 e. The molecule has 0 spiro atoms. The Bertz CT molecular complexity index is 1760. The average molecular weight is 634 g/mol. The number of alkyl halides is 6. The number of aliphatic hydroxyl groups is 1. The molecule has 2 aromatic heterocycles. The molecule has 0 saturated heterocycles. The summed E-state index contributed by atoms with van der Waals surface area (Å²) in [4.78, 5) is 16.4. The zero-order valence-electron chi connectivity index (χ0n) is 22.0. The molecule has 2 heterocycles. The summed E-state index contributed by atoms with van der Waals surface area (Å²) in [6.07, 6.45) is -10.4. The van der Waals surface area contributed by atoms with Gasteiger partial charge in [-0.3, -0.25) is 5.32 Å². The van der Waals surface area contributed by atoms with Crippen LogP contribution in [0.3, 0.4) is 0 Å². The largest absolute Gasteiger partial charge is 0.573 e. The van der Waals surface area contributed by atoms with Gasteiger partial charge in [-0.15, -0.1) is 13.2 Å². The van der Waals surface area contributed by atoms with Crippen molar-refractivity contribution in [1.29, 1.82) is 0 Å². The smallest absolute Gasteiger partial charge is 0.406 e. The molecule has 0 bridgehead atoms. The molecule has 43 heavy (non-hydrogen) atoms. The van der Waals surface area contributed by atoms with Gasteiger partial charge in [-0.25, -0.2) is 27.4 Å². The van der Waals surface area contributed by atoms with Crippen molar-refractivity contribution in [3.63, 3.8) is 0 Å². The second-order valence-corrected chi connectivity index (χ2v) is 11.2. The van der Waals surface area contributed by atoms with Crippen LogP contribution in [0.25, 0.3) is 16.9 Å². The van der Waals surface area contributed by atoms with Gasteiger partial charge >= 0.3 is 18.6 Å². The van der Waals surface area contributed by atoms with Crippen LogP contribution >= 0.6 is 0 Å². The number of halogens is 6. The van der Waals surface area contributed by atoms with Gasteiger partial charge in [0.2, 0.25) is 10.0 Å². The van der Waals surface area contributed by atoms with E-state index in [1.165, 1.54) is 32.0 Å². The van der Waals surface area contributed by atoms with E-state index in [2.05, 4.69) is 24.9 Å². The van der Waals surface area contributed by atoms with E-state index in [9.17, 15) is 44.7 Å². The molecule has 4 aromatic rings. The second kappa shape index (κ2) is 11.3. The first-order chi connectivity index (χ1) is 19.9. The third kappa shape index (κ3) is 7.70. The van der Waals surface area contributed by atoms with E-state index in [1.54, 1.807) is 0 Å². The Kier molecular flexibility index (Phi) is 8.31. The number of aromatic nitrogens is 3. The van der Waals surface area contributed by atoms with Crippen LogP contribution in [-0.4, -0.2) is 52.7 Å². The summed E-state index contributed by atoms with van der Waals surface area (Å²) in [5, 5.41) is 15.2. The summed E-state index contributed by atoms with van der Waals surface area (Å²) in [7, 11) is -4.12. The third-order valence-electron chi connectivity index (χ3n) is 5.51. The number of carbonyl (C=O) groups is 1. The molecule has 1 amide bonds. The fraction of sp³-hybridized carbons (Fsp3) is 0.240. The predicted molar refractivity (Wildman–Crippen MR) is 138 cm³/mol. The Labute approximate surface area is 239 Å². The van der Waals surface area contributed by atoms with Crippen LogP contribution in [0.5, 0.6) is 11.5 Å². The van der Waals surface area contributed by atoms with Crippen molar-refractivity contribution < 1.29 is 54.1 Å². The van der Waals surface area contributed by atoms with Gasteiger partial charge in [-0.2, -0.15) is 18.3 Å². The van der Waals surface area contributed by atoms with Crippen molar-refractivity contribution in [2.45, 2.75) is 36.8 Å². The number of aliphatic hydroxyl groups excluding tert-OH is 1. The quantitative estimate of drug-likeness (QED) is 0.231. The normalized spacial score (nSPS) is 12.8. The summed E-state index contributed by atoms with van der Waals surface area (Å²) in [6.45, 7) is 2.39. The lowest BCUT2D eigenvalue weighted by Gasteiger charge is -2.23. The Morgan fingerprint density at radius 2 is 1.70 bits per heavy atom. The maximum Gasteiger partial charge on any atom is 0.573 e. The lowest BCUT2D eigenvalue weighted by molar-refractivity contribution is -0.274. The predicted octanol–water partition coefficient (Wildman–Crippen LogP) is 4.97. The second-order valence-electron chi connectivity index (χ2n) is 9.53. The first-order valence-corrected chi connectivity index (χ1v) is 13.4. The van der Waals surface area contributed by atoms with Crippen LogP contribution in [-0.2, 0) is 16.2 Å². The highest BCUT2D eigenvalue weighted by molar-refractivity contribution is 7.89. The summed E-state index contributed by atoms with van der Waals surface area (Å²) >= 11 is 0. The van der Waals surface area contributed by atoms with E-state index in [0.717, 1.165) is 36.5 Å². The van der Waals surface area contributed by atoms with Crippen molar-refractivity contribution in [1.82, 2.24) is 19.3 Å². The summed E-state index contributed by atoms with van der Waals surface area (Å²) < 4.78 is 116. The van der Waals surface area contributed by atoms with E-state index >= 15 is 0 Å². The topological polar surface area (TPSA) is 144 Å². The summed E-state index contributed by atoms with van der Waals surface area (Å²) in [5.74, 6) is -1.12. The molecule has 4 rings (SSSR count). The molecule has 0 aliphatic heterocycles.